The summed E-state index contributed by atoms with van der Waals surface area (Å²) >= 11 is 0. The number of aliphatic imine (C=N–C) groups is 1. The molecule has 0 saturated heterocycles. The molecular weight excluding hydrogens is 218 g/mol. The Bertz CT molecular complexity index is 451. The first-order valence-corrected chi connectivity index (χ1v) is 5.44. The van der Waals surface area contributed by atoms with Gasteiger partial charge in [-0.1, -0.05) is 18.2 Å². The SMILES string of the molecule is COC(C)(C)C1N=C(c2ccccc2)OC1=O. The van der Waals surface area contributed by atoms with Crippen LogP contribution in [0.4, 0.5) is 0 Å². The number of hydrogen-bond acceptors (Lipinski definition) is 4. The summed E-state index contributed by atoms with van der Waals surface area (Å²) < 4.78 is 10.4. The number of benzene rings is 1. The Morgan fingerprint density at radius 1 is 1.29 bits per heavy atom. The molecule has 4 heteroatoms. The molecule has 1 aliphatic rings. The van der Waals surface area contributed by atoms with Crippen molar-refractivity contribution in [2.24, 2.45) is 4.99 Å². The zero-order valence-corrected chi connectivity index (χ0v) is 10.1. The number of rotatable bonds is 3. The van der Waals surface area contributed by atoms with E-state index in [1.165, 1.54) is 0 Å². The van der Waals surface area contributed by atoms with Crippen LogP contribution in [0.25, 0.3) is 0 Å². The maximum atomic E-state index is 11.7. The van der Waals surface area contributed by atoms with Crippen LogP contribution < -0.4 is 0 Å². The van der Waals surface area contributed by atoms with Crippen LogP contribution in [-0.2, 0) is 14.3 Å². The third-order valence-corrected chi connectivity index (χ3v) is 2.87. The third kappa shape index (κ3) is 2.22. The molecule has 0 spiro atoms. The molecule has 0 aromatic heterocycles. The fourth-order valence-electron chi connectivity index (χ4n) is 1.61. The summed E-state index contributed by atoms with van der Waals surface area (Å²) in [4.78, 5) is 16.0. The van der Waals surface area contributed by atoms with Crippen LogP contribution in [0.2, 0.25) is 0 Å². The number of carbonyl (C=O) groups is 1. The van der Waals surface area contributed by atoms with Crippen molar-refractivity contribution in [3.63, 3.8) is 0 Å². The van der Waals surface area contributed by atoms with Crippen molar-refractivity contribution in [2.75, 3.05) is 7.11 Å². The smallest absolute Gasteiger partial charge is 0.340 e. The lowest BCUT2D eigenvalue weighted by Gasteiger charge is -2.24. The van der Waals surface area contributed by atoms with E-state index in [9.17, 15) is 4.79 Å². The van der Waals surface area contributed by atoms with Crippen LogP contribution in [0.5, 0.6) is 0 Å². The van der Waals surface area contributed by atoms with E-state index in [-0.39, 0.29) is 5.97 Å². The van der Waals surface area contributed by atoms with Crippen molar-refractivity contribution in [1.82, 2.24) is 0 Å². The second kappa shape index (κ2) is 4.30. The van der Waals surface area contributed by atoms with Crippen LogP contribution in [0.3, 0.4) is 0 Å². The number of hydrogen-bond donors (Lipinski definition) is 0. The second-order valence-electron chi connectivity index (χ2n) is 4.43. The summed E-state index contributed by atoms with van der Waals surface area (Å²) in [7, 11) is 1.56. The number of methoxy groups -OCH3 is 1. The van der Waals surface area contributed by atoms with Crippen LogP contribution in [0.15, 0.2) is 35.3 Å². The predicted molar refractivity (Wildman–Crippen MR) is 63.9 cm³/mol. The predicted octanol–water partition coefficient (Wildman–Crippen LogP) is 1.78. The van der Waals surface area contributed by atoms with E-state index >= 15 is 0 Å². The summed E-state index contributed by atoms with van der Waals surface area (Å²) in [6.45, 7) is 3.63. The molecule has 0 bridgehead atoms. The van der Waals surface area contributed by atoms with E-state index in [1.54, 1.807) is 7.11 Å². The number of esters is 1. The normalized spacial score (nSPS) is 20.1. The molecule has 1 unspecified atom stereocenters. The molecule has 17 heavy (non-hydrogen) atoms. The minimum atomic E-state index is -0.659. The molecule has 1 aromatic rings. The molecule has 1 aromatic carbocycles. The van der Waals surface area contributed by atoms with Crippen LogP contribution in [0, 0.1) is 0 Å². The molecule has 0 saturated carbocycles. The summed E-state index contributed by atoms with van der Waals surface area (Å²) in [6.07, 6.45) is 0. The average molecular weight is 233 g/mol. The third-order valence-electron chi connectivity index (χ3n) is 2.87. The quantitative estimate of drug-likeness (QED) is 0.748. The van der Waals surface area contributed by atoms with Crippen molar-refractivity contribution >= 4 is 11.9 Å². The highest BCUT2D eigenvalue weighted by molar-refractivity contribution is 6.06. The summed E-state index contributed by atoms with van der Waals surface area (Å²) in [5.74, 6) is 0.00132. The molecule has 0 amide bonds. The van der Waals surface area contributed by atoms with E-state index in [1.807, 2.05) is 44.2 Å². The van der Waals surface area contributed by atoms with Gasteiger partial charge in [0.2, 0.25) is 5.90 Å². The molecule has 90 valence electrons. The lowest BCUT2D eigenvalue weighted by Crippen LogP contribution is -2.40. The maximum absolute atomic E-state index is 11.7. The van der Waals surface area contributed by atoms with Gasteiger partial charge in [0.05, 0.1) is 5.60 Å². The van der Waals surface area contributed by atoms with Crippen LogP contribution >= 0.6 is 0 Å². The lowest BCUT2D eigenvalue weighted by molar-refractivity contribution is -0.140. The van der Waals surface area contributed by atoms with Gasteiger partial charge < -0.3 is 9.47 Å². The Hall–Kier alpha value is -1.68. The van der Waals surface area contributed by atoms with Gasteiger partial charge in [-0.25, -0.2) is 9.79 Å². The summed E-state index contributed by atoms with van der Waals surface area (Å²) in [5, 5.41) is 0. The van der Waals surface area contributed by atoms with Crippen molar-refractivity contribution in [1.29, 1.82) is 0 Å². The van der Waals surface area contributed by atoms with Gasteiger partial charge in [0, 0.05) is 12.7 Å². The molecule has 1 heterocycles. The molecule has 1 atom stereocenters. The zero-order chi connectivity index (χ0) is 12.5. The van der Waals surface area contributed by atoms with Gasteiger partial charge in [-0.05, 0) is 26.0 Å². The molecule has 0 fully saturated rings. The van der Waals surface area contributed by atoms with E-state index in [0.29, 0.717) is 5.90 Å². The van der Waals surface area contributed by atoms with Gasteiger partial charge in [0.1, 0.15) is 0 Å². The van der Waals surface area contributed by atoms with Gasteiger partial charge >= 0.3 is 5.97 Å². The van der Waals surface area contributed by atoms with E-state index in [2.05, 4.69) is 4.99 Å². The molecular formula is C13H15NO3. The molecule has 2 rings (SSSR count). The van der Waals surface area contributed by atoms with Crippen molar-refractivity contribution < 1.29 is 14.3 Å². The van der Waals surface area contributed by atoms with E-state index < -0.39 is 11.6 Å². The Morgan fingerprint density at radius 3 is 2.53 bits per heavy atom. The minimum absolute atomic E-state index is 0.365. The number of carbonyl (C=O) groups excluding carboxylic acids is 1. The zero-order valence-electron chi connectivity index (χ0n) is 10.1. The van der Waals surface area contributed by atoms with Crippen molar-refractivity contribution in [2.45, 2.75) is 25.5 Å². The molecule has 0 radical (unpaired) electrons. The Balaban J connectivity index is 2.29. The van der Waals surface area contributed by atoms with Crippen LogP contribution in [-0.4, -0.2) is 30.6 Å². The Labute approximate surface area is 100 Å². The van der Waals surface area contributed by atoms with Crippen molar-refractivity contribution in [3.8, 4) is 0 Å². The van der Waals surface area contributed by atoms with Gasteiger partial charge in [-0.2, -0.15) is 0 Å². The highest BCUT2D eigenvalue weighted by Crippen LogP contribution is 2.24. The first kappa shape index (κ1) is 11.8. The second-order valence-corrected chi connectivity index (χ2v) is 4.43. The topological polar surface area (TPSA) is 47.9 Å². The molecule has 0 aliphatic carbocycles. The van der Waals surface area contributed by atoms with Gasteiger partial charge in [-0.15, -0.1) is 0 Å². The van der Waals surface area contributed by atoms with Gasteiger partial charge in [0.15, 0.2) is 6.04 Å². The van der Waals surface area contributed by atoms with E-state index in [0.717, 1.165) is 5.56 Å². The maximum Gasteiger partial charge on any atom is 0.340 e. The lowest BCUT2D eigenvalue weighted by atomic mass is 10.00. The first-order valence-electron chi connectivity index (χ1n) is 5.44. The fourth-order valence-corrected chi connectivity index (χ4v) is 1.61. The van der Waals surface area contributed by atoms with Crippen LogP contribution in [0.1, 0.15) is 19.4 Å². The Kier molecular flexibility index (Phi) is 2.98. The number of nitrogens with zero attached hydrogens (tertiary/aromatic N) is 1. The van der Waals surface area contributed by atoms with E-state index in [4.69, 9.17) is 9.47 Å². The molecule has 1 aliphatic heterocycles. The summed E-state index contributed by atoms with van der Waals surface area (Å²) in [6, 6.07) is 8.75. The number of cyclic esters (lactones) is 1. The van der Waals surface area contributed by atoms with Gasteiger partial charge in [0.25, 0.3) is 0 Å². The van der Waals surface area contributed by atoms with Gasteiger partial charge in [-0.3, -0.25) is 0 Å². The van der Waals surface area contributed by atoms with Crippen molar-refractivity contribution in [3.05, 3.63) is 35.9 Å². The Morgan fingerprint density at radius 2 is 1.94 bits per heavy atom. The standard InChI is InChI=1S/C13H15NO3/c1-13(2,16-3)10-12(15)17-11(14-10)9-7-5-4-6-8-9/h4-8,10H,1-3H3. The first-order chi connectivity index (χ1) is 8.04. The number of ether oxygens (including phenoxy) is 2. The summed E-state index contributed by atoms with van der Waals surface area (Å²) in [5.41, 5.74) is 0.142. The highest BCUT2D eigenvalue weighted by atomic mass is 16.6. The largest absolute Gasteiger partial charge is 0.405 e. The monoisotopic (exact) mass is 233 g/mol. The molecule has 4 nitrogen and oxygen atoms in total. The fraction of sp³-hybridized carbons (Fsp3) is 0.385. The minimum Gasteiger partial charge on any atom is -0.405 e. The highest BCUT2D eigenvalue weighted by Gasteiger charge is 2.41. The average Bonchev–Trinajstić information content (AvgIpc) is 2.73. The molecule has 0 N–H and O–H groups in total.